The summed E-state index contributed by atoms with van der Waals surface area (Å²) in [6, 6.07) is 15.5. The van der Waals surface area contributed by atoms with Gasteiger partial charge in [0.15, 0.2) is 0 Å². The fourth-order valence-corrected chi connectivity index (χ4v) is 5.35. The summed E-state index contributed by atoms with van der Waals surface area (Å²) in [6.07, 6.45) is 2.97. The highest BCUT2D eigenvalue weighted by atomic mass is 32.2. The van der Waals surface area contributed by atoms with Crippen molar-refractivity contribution < 1.29 is 24.2 Å². The molecule has 1 fully saturated rings. The van der Waals surface area contributed by atoms with Crippen molar-refractivity contribution in [2.24, 2.45) is 5.92 Å². The number of piperidine rings is 1. The van der Waals surface area contributed by atoms with E-state index >= 15 is 0 Å². The molecule has 34 heavy (non-hydrogen) atoms. The first-order valence-electron chi connectivity index (χ1n) is 11.6. The molecule has 2 atom stereocenters. The number of alkyl carbamates (subject to hydrolysis) is 1. The number of ether oxygens (including phenoxy) is 1. The van der Waals surface area contributed by atoms with Gasteiger partial charge in [0, 0.05) is 19.0 Å². The van der Waals surface area contributed by atoms with E-state index in [2.05, 4.69) is 29.6 Å². The van der Waals surface area contributed by atoms with Crippen molar-refractivity contribution >= 4 is 29.7 Å². The van der Waals surface area contributed by atoms with Crippen LogP contribution in [0.4, 0.5) is 4.79 Å². The number of amides is 2. The number of aliphatic carboxylic acids is 1. The fourth-order valence-electron chi connectivity index (χ4n) is 4.87. The maximum atomic E-state index is 13.1. The lowest BCUT2D eigenvalue weighted by molar-refractivity contribution is -0.146. The zero-order valence-corrected chi connectivity index (χ0v) is 20.1. The molecule has 4 rings (SSSR count). The number of nitrogens with one attached hydrogen (secondary N) is 1. The Bertz CT molecular complexity index is 1010. The first kappa shape index (κ1) is 24.1. The average Bonchev–Trinajstić information content (AvgIpc) is 3.18. The fraction of sp³-hybridized carbons (Fsp3) is 0.423. The molecule has 2 N–H and O–H groups in total. The van der Waals surface area contributed by atoms with Gasteiger partial charge in [-0.1, -0.05) is 48.5 Å². The predicted molar refractivity (Wildman–Crippen MR) is 132 cm³/mol. The monoisotopic (exact) mass is 482 g/mol. The van der Waals surface area contributed by atoms with E-state index in [0.717, 1.165) is 22.3 Å². The van der Waals surface area contributed by atoms with E-state index in [1.165, 1.54) is 0 Å². The van der Waals surface area contributed by atoms with Crippen LogP contribution in [-0.4, -0.2) is 65.7 Å². The molecule has 1 heterocycles. The molecule has 1 aliphatic heterocycles. The molecule has 2 amide bonds. The van der Waals surface area contributed by atoms with Crippen LogP contribution >= 0.6 is 11.8 Å². The number of carboxylic acid groups (broad SMARTS) is 1. The molecule has 0 aromatic heterocycles. The van der Waals surface area contributed by atoms with E-state index in [0.29, 0.717) is 31.6 Å². The minimum Gasteiger partial charge on any atom is -0.481 e. The molecule has 1 unspecified atom stereocenters. The summed E-state index contributed by atoms with van der Waals surface area (Å²) in [7, 11) is 0. The highest BCUT2D eigenvalue weighted by Crippen LogP contribution is 2.44. The van der Waals surface area contributed by atoms with Crippen molar-refractivity contribution in [3.63, 3.8) is 0 Å². The normalized spacial score (nSPS) is 18.0. The number of carbonyl (C=O) groups excluding carboxylic acids is 2. The van der Waals surface area contributed by atoms with Crippen molar-refractivity contribution in [2.45, 2.75) is 31.2 Å². The van der Waals surface area contributed by atoms with Gasteiger partial charge in [0.1, 0.15) is 12.6 Å². The summed E-state index contributed by atoms with van der Waals surface area (Å²) in [5.74, 6) is -1.06. The van der Waals surface area contributed by atoms with E-state index in [4.69, 9.17) is 4.74 Å². The second-order valence-corrected chi connectivity index (χ2v) is 9.75. The molecule has 2 aliphatic rings. The average molecular weight is 483 g/mol. The molecule has 0 bridgehead atoms. The van der Waals surface area contributed by atoms with Gasteiger partial charge in [-0.3, -0.25) is 9.59 Å². The van der Waals surface area contributed by atoms with Gasteiger partial charge in [-0.15, -0.1) is 0 Å². The summed E-state index contributed by atoms with van der Waals surface area (Å²) in [5.41, 5.74) is 4.55. The lowest BCUT2D eigenvalue weighted by Crippen LogP contribution is -2.52. The lowest BCUT2D eigenvalue weighted by Gasteiger charge is -2.33. The number of rotatable bonds is 8. The number of hydrogen-bond donors (Lipinski definition) is 2. The van der Waals surface area contributed by atoms with Crippen LogP contribution in [0.3, 0.4) is 0 Å². The number of fused-ring (bicyclic) bond motifs is 3. The van der Waals surface area contributed by atoms with Crippen molar-refractivity contribution in [1.29, 1.82) is 0 Å². The van der Waals surface area contributed by atoms with E-state index in [9.17, 15) is 19.5 Å². The third-order valence-electron chi connectivity index (χ3n) is 6.63. The Labute approximate surface area is 203 Å². The van der Waals surface area contributed by atoms with E-state index in [1.807, 2.05) is 30.5 Å². The van der Waals surface area contributed by atoms with Gasteiger partial charge in [0.05, 0.1) is 5.92 Å². The quantitative estimate of drug-likeness (QED) is 0.591. The minimum absolute atomic E-state index is 0.0584. The van der Waals surface area contributed by atoms with Crippen LogP contribution in [0.2, 0.25) is 0 Å². The standard InChI is InChI=1S/C26H30N2O5S/c1-34-14-12-23(24(29)28-13-6-7-17(15-28)25(30)31)27-26(32)33-16-22-20-10-4-2-8-18(20)19-9-3-5-11-21(19)22/h2-5,8-11,17,22-23H,6-7,12-16H2,1H3,(H,27,32)(H,30,31)/t17-,23?/m0/s1. The molecular formula is C26H30N2O5S. The number of benzene rings is 2. The third kappa shape index (κ3) is 5.22. The first-order chi connectivity index (χ1) is 16.5. The van der Waals surface area contributed by atoms with Crippen LogP contribution in [0, 0.1) is 5.92 Å². The number of likely N-dealkylation sites (tertiary alicyclic amines) is 1. The number of nitrogens with zero attached hydrogens (tertiary/aromatic N) is 1. The Hall–Kier alpha value is -3.00. The molecule has 0 spiro atoms. The SMILES string of the molecule is CSCCC(NC(=O)OCC1c2ccccc2-c2ccccc21)C(=O)N1CCC[C@H](C(=O)O)C1. The van der Waals surface area contributed by atoms with Gasteiger partial charge < -0.3 is 20.1 Å². The maximum absolute atomic E-state index is 13.1. The smallest absolute Gasteiger partial charge is 0.407 e. The van der Waals surface area contributed by atoms with Crippen molar-refractivity contribution in [3.05, 3.63) is 59.7 Å². The van der Waals surface area contributed by atoms with E-state index < -0.39 is 24.0 Å². The van der Waals surface area contributed by atoms with Gasteiger partial charge in [0.2, 0.25) is 5.91 Å². The molecular weight excluding hydrogens is 452 g/mol. The Morgan fingerprint density at radius 3 is 2.38 bits per heavy atom. The molecule has 2 aromatic rings. The summed E-state index contributed by atoms with van der Waals surface area (Å²) in [6.45, 7) is 0.856. The van der Waals surface area contributed by atoms with Crippen LogP contribution in [0.5, 0.6) is 0 Å². The van der Waals surface area contributed by atoms with E-state index in [-0.39, 0.29) is 25.0 Å². The molecule has 2 aromatic carbocycles. The topological polar surface area (TPSA) is 95.9 Å². The zero-order valence-electron chi connectivity index (χ0n) is 19.2. The zero-order chi connectivity index (χ0) is 24.1. The van der Waals surface area contributed by atoms with Gasteiger partial charge in [-0.05, 0) is 53.5 Å². The van der Waals surface area contributed by atoms with Gasteiger partial charge >= 0.3 is 12.1 Å². The minimum atomic E-state index is -0.886. The molecule has 7 nitrogen and oxygen atoms in total. The van der Waals surface area contributed by atoms with E-state index in [1.54, 1.807) is 16.7 Å². The van der Waals surface area contributed by atoms with Crippen LogP contribution < -0.4 is 5.32 Å². The van der Waals surface area contributed by atoms with Crippen LogP contribution in [0.25, 0.3) is 11.1 Å². The summed E-state index contributed by atoms with van der Waals surface area (Å²) < 4.78 is 5.63. The number of hydrogen-bond acceptors (Lipinski definition) is 5. The lowest BCUT2D eigenvalue weighted by atomic mass is 9.97. The summed E-state index contributed by atoms with van der Waals surface area (Å²) in [5, 5.41) is 12.1. The number of carboxylic acids is 1. The van der Waals surface area contributed by atoms with Gasteiger partial charge in [-0.2, -0.15) is 11.8 Å². The summed E-state index contributed by atoms with van der Waals surface area (Å²) >= 11 is 1.59. The highest BCUT2D eigenvalue weighted by molar-refractivity contribution is 7.98. The Kier molecular flexibility index (Phi) is 7.77. The highest BCUT2D eigenvalue weighted by Gasteiger charge is 2.33. The number of thioether (sulfide) groups is 1. The molecule has 1 saturated heterocycles. The molecule has 0 saturated carbocycles. The summed E-state index contributed by atoms with van der Waals surface area (Å²) in [4.78, 5) is 38.9. The molecule has 8 heteroatoms. The van der Waals surface area contributed by atoms with Crippen molar-refractivity contribution in [1.82, 2.24) is 10.2 Å². The second-order valence-electron chi connectivity index (χ2n) is 8.77. The maximum Gasteiger partial charge on any atom is 0.407 e. The second kappa shape index (κ2) is 11.0. The van der Waals surface area contributed by atoms with Crippen LogP contribution in [0.1, 0.15) is 36.3 Å². The van der Waals surface area contributed by atoms with Crippen LogP contribution in [0.15, 0.2) is 48.5 Å². The molecule has 0 radical (unpaired) electrons. The number of carbonyl (C=O) groups is 3. The Morgan fingerprint density at radius 2 is 1.76 bits per heavy atom. The third-order valence-corrected chi connectivity index (χ3v) is 7.27. The Morgan fingerprint density at radius 1 is 1.12 bits per heavy atom. The largest absolute Gasteiger partial charge is 0.481 e. The van der Waals surface area contributed by atoms with Gasteiger partial charge in [0.25, 0.3) is 0 Å². The van der Waals surface area contributed by atoms with Crippen molar-refractivity contribution in [3.8, 4) is 11.1 Å². The van der Waals surface area contributed by atoms with Gasteiger partial charge in [-0.25, -0.2) is 4.79 Å². The predicted octanol–water partition coefficient (Wildman–Crippen LogP) is 3.97. The van der Waals surface area contributed by atoms with Crippen molar-refractivity contribution in [2.75, 3.05) is 31.7 Å². The molecule has 1 aliphatic carbocycles. The first-order valence-corrected chi connectivity index (χ1v) is 13.0. The molecule has 180 valence electrons. The van der Waals surface area contributed by atoms with Crippen LogP contribution in [-0.2, 0) is 14.3 Å². The Balaban J connectivity index is 1.41.